The van der Waals surface area contributed by atoms with Crippen molar-refractivity contribution in [1.29, 1.82) is 0 Å². The van der Waals surface area contributed by atoms with E-state index in [1.165, 1.54) is 0 Å². The zero-order valence-electron chi connectivity index (χ0n) is 10.3. The predicted octanol–water partition coefficient (Wildman–Crippen LogP) is 0.976. The molecule has 0 radical (unpaired) electrons. The molecule has 0 aromatic carbocycles. The van der Waals surface area contributed by atoms with Gasteiger partial charge >= 0.3 is 5.97 Å². The Kier molecular flexibility index (Phi) is 3.51. The van der Waals surface area contributed by atoms with Crippen molar-refractivity contribution in [3.8, 4) is 0 Å². The minimum atomic E-state index is -0.919. The number of nitrogens with zero attached hydrogens (tertiary/aromatic N) is 3. The van der Waals surface area contributed by atoms with Crippen molar-refractivity contribution in [2.45, 2.75) is 26.2 Å². The molecule has 16 heavy (non-hydrogen) atoms. The molecule has 0 atom stereocenters. The number of hydrogen-bond donors (Lipinski definition) is 0. The van der Waals surface area contributed by atoms with Gasteiger partial charge in [0.2, 0.25) is 5.89 Å². The van der Waals surface area contributed by atoms with Crippen molar-refractivity contribution in [2.24, 2.45) is 0 Å². The van der Waals surface area contributed by atoms with E-state index in [-0.39, 0.29) is 11.9 Å². The third-order valence-electron chi connectivity index (χ3n) is 2.14. The number of aromatic nitrogens is 2. The second kappa shape index (κ2) is 4.51. The summed E-state index contributed by atoms with van der Waals surface area (Å²) in [5.41, 5.74) is -0.919. The van der Waals surface area contributed by atoms with Crippen molar-refractivity contribution in [1.82, 2.24) is 10.1 Å². The van der Waals surface area contributed by atoms with Gasteiger partial charge in [-0.15, -0.1) is 0 Å². The van der Waals surface area contributed by atoms with E-state index >= 15 is 0 Å². The molecule has 0 spiro atoms. The van der Waals surface area contributed by atoms with Crippen LogP contribution in [0.4, 0.5) is 5.95 Å². The molecule has 1 aromatic rings. The van der Waals surface area contributed by atoms with Gasteiger partial charge in [0, 0.05) is 14.1 Å². The summed E-state index contributed by atoms with van der Waals surface area (Å²) in [5, 5.41) is 3.76. The van der Waals surface area contributed by atoms with Gasteiger partial charge in [0.25, 0.3) is 5.95 Å². The lowest BCUT2D eigenvalue weighted by Gasteiger charge is -2.17. The first-order valence-corrected chi connectivity index (χ1v) is 5.08. The molecule has 0 bridgehead atoms. The summed E-state index contributed by atoms with van der Waals surface area (Å²) in [6.07, 6.45) is 0. The van der Waals surface area contributed by atoms with Gasteiger partial charge in [0.05, 0.1) is 6.61 Å². The summed E-state index contributed by atoms with van der Waals surface area (Å²) in [5.74, 6) is 0.325. The summed E-state index contributed by atoms with van der Waals surface area (Å²) < 4.78 is 10.0. The van der Waals surface area contributed by atoms with E-state index in [9.17, 15) is 4.79 Å². The van der Waals surface area contributed by atoms with Crippen LogP contribution in [0.5, 0.6) is 0 Å². The first-order chi connectivity index (χ1) is 7.39. The Hall–Kier alpha value is -1.59. The van der Waals surface area contributed by atoms with Gasteiger partial charge < -0.3 is 14.2 Å². The van der Waals surface area contributed by atoms with Crippen molar-refractivity contribution in [3.05, 3.63) is 5.89 Å². The van der Waals surface area contributed by atoms with Crippen LogP contribution in [0.15, 0.2) is 4.52 Å². The van der Waals surface area contributed by atoms with Crippen molar-refractivity contribution in [2.75, 3.05) is 25.6 Å². The molecule has 0 unspecified atom stereocenters. The Morgan fingerprint density at radius 2 is 2.12 bits per heavy atom. The van der Waals surface area contributed by atoms with Crippen LogP contribution < -0.4 is 4.90 Å². The second-order valence-corrected chi connectivity index (χ2v) is 4.14. The third kappa shape index (κ3) is 2.32. The lowest BCUT2D eigenvalue weighted by Crippen LogP contribution is -2.31. The zero-order chi connectivity index (χ0) is 12.3. The summed E-state index contributed by atoms with van der Waals surface area (Å²) in [4.78, 5) is 17.5. The number of carbonyl (C=O) groups excluding carboxylic acids is 1. The predicted molar refractivity (Wildman–Crippen MR) is 58.3 cm³/mol. The molecule has 0 N–H and O–H groups in total. The largest absolute Gasteiger partial charge is 0.465 e. The van der Waals surface area contributed by atoms with Crippen LogP contribution in [0.3, 0.4) is 0 Å². The molecule has 0 fully saturated rings. The topological polar surface area (TPSA) is 68.5 Å². The smallest absolute Gasteiger partial charge is 0.321 e. The maximum Gasteiger partial charge on any atom is 0.321 e. The molecule has 90 valence electrons. The number of esters is 1. The number of rotatable bonds is 4. The Morgan fingerprint density at radius 1 is 1.50 bits per heavy atom. The first kappa shape index (κ1) is 12.5. The van der Waals surface area contributed by atoms with Crippen LogP contribution in [0.2, 0.25) is 0 Å². The van der Waals surface area contributed by atoms with E-state index < -0.39 is 5.41 Å². The SMILES string of the molecule is CCOC(=O)C(C)(C)c1nc(N(C)C)no1. The molecular formula is C10H17N3O3. The number of hydrogen-bond acceptors (Lipinski definition) is 6. The highest BCUT2D eigenvalue weighted by atomic mass is 16.5. The zero-order valence-corrected chi connectivity index (χ0v) is 10.3. The molecule has 0 saturated heterocycles. The van der Waals surface area contributed by atoms with Gasteiger partial charge in [-0.25, -0.2) is 0 Å². The molecule has 0 aliphatic carbocycles. The molecule has 0 saturated carbocycles. The normalized spacial score (nSPS) is 11.3. The highest BCUT2D eigenvalue weighted by Crippen LogP contribution is 2.24. The number of carbonyl (C=O) groups is 1. The fraction of sp³-hybridized carbons (Fsp3) is 0.700. The maximum atomic E-state index is 11.7. The molecule has 6 nitrogen and oxygen atoms in total. The summed E-state index contributed by atoms with van der Waals surface area (Å²) >= 11 is 0. The second-order valence-electron chi connectivity index (χ2n) is 4.14. The fourth-order valence-electron chi connectivity index (χ4n) is 1.05. The summed E-state index contributed by atoms with van der Waals surface area (Å²) in [6.45, 7) is 5.47. The highest BCUT2D eigenvalue weighted by Gasteiger charge is 2.37. The van der Waals surface area contributed by atoms with E-state index in [0.29, 0.717) is 12.6 Å². The van der Waals surface area contributed by atoms with Gasteiger partial charge in [-0.2, -0.15) is 4.98 Å². The number of ether oxygens (including phenoxy) is 1. The van der Waals surface area contributed by atoms with Crippen LogP contribution in [0, 0.1) is 0 Å². The Bertz CT molecular complexity index is 371. The first-order valence-electron chi connectivity index (χ1n) is 5.08. The van der Waals surface area contributed by atoms with Crippen LogP contribution in [-0.2, 0) is 14.9 Å². The minimum absolute atomic E-state index is 0.259. The highest BCUT2D eigenvalue weighted by molar-refractivity contribution is 5.80. The third-order valence-corrected chi connectivity index (χ3v) is 2.14. The van der Waals surface area contributed by atoms with E-state index in [0.717, 1.165) is 0 Å². The quantitative estimate of drug-likeness (QED) is 0.714. The van der Waals surface area contributed by atoms with Crippen molar-refractivity contribution >= 4 is 11.9 Å². The van der Waals surface area contributed by atoms with Gasteiger partial charge in [-0.1, -0.05) is 0 Å². The molecule has 0 amide bonds. The molecule has 0 aliphatic rings. The van der Waals surface area contributed by atoms with Crippen LogP contribution in [0.25, 0.3) is 0 Å². The standard InChI is InChI=1S/C10H17N3O3/c1-6-15-8(14)10(2,3)7-11-9(12-16-7)13(4)5/h6H2,1-5H3. The van der Waals surface area contributed by atoms with Crippen molar-refractivity contribution in [3.63, 3.8) is 0 Å². The van der Waals surface area contributed by atoms with Crippen LogP contribution in [0.1, 0.15) is 26.7 Å². The fourth-order valence-corrected chi connectivity index (χ4v) is 1.05. The molecule has 1 rings (SSSR count). The lowest BCUT2D eigenvalue weighted by atomic mass is 9.94. The number of anilines is 1. The van der Waals surface area contributed by atoms with E-state index in [2.05, 4.69) is 10.1 Å². The maximum absolute atomic E-state index is 11.7. The molecular weight excluding hydrogens is 210 g/mol. The Morgan fingerprint density at radius 3 is 2.56 bits per heavy atom. The molecule has 1 heterocycles. The Labute approximate surface area is 94.6 Å². The summed E-state index contributed by atoms with van der Waals surface area (Å²) in [7, 11) is 3.60. The molecule has 0 aliphatic heterocycles. The lowest BCUT2D eigenvalue weighted by molar-refractivity contribution is -0.149. The Balaban J connectivity index is 2.93. The molecule has 6 heteroatoms. The monoisotopic (exact) mass is 227 g/mol. The van der Waals surface area contributed by atoms with Crippen LogP contribution >= 0.6 is 0 Å². The van der Waals surface area contributed by atoms with E-state index in [1.54, 1.807) is 39.8 Å². The summed E-state index contributed by atoms with van der Waals surface area (Å²) in [6, 6.07) is 0. The van der Waals surface area contributed by atoms with E-state index in [1.807, 2.05) is 0 Å². The van der Waals surface area contributed by atoms with Gasteiger partial charge in [-0.3, -0.25) is 4.79 Å². The van der Waals surface area contributed by atoms with E-state index in [4.69, 9.17) is 9.26 Å². The van der Waals surface area contributed by atoms with Gasteiger partial charge in [0.1, 0.15) is 5.41 Å². The van der Waals surface area contributed by atoms with Crippen LogP contribution in [-0.4, -0.2) is 36.8 Å². The molecule has 1 aromatic heterocycles. The van der Waals surface area contributed by atoms with Gasteiger partial charge in [0.15, 0.2) is 0 Å². The minimum Gasteiger partial charge on any atom is -0.465 e. The van der Waals surface area contributed by atoms with Crippen molar-refractivity contribution < 1.29 is 14.1 Å². The average molecular weight is 227 g/mol. The van der Waals surface area contributed by atoms with Gasteiger partial charge in [-0.05, 0) is 25.9 Å². The average Bonchev–Trinajstić information content (AvgIpc) is 2.67.